The molecule has 1 aliphatic heterocycles. The first-order valence-electron chi connectivity index (χ1n) is 7.63. The lowest BCUT2D eigenvalue weighted by molar-refractivity contribution is -0.384. The van der Waals surface area contributed by atoms with Gasteiger partial charge in [-0.05, 0) is 19.3 Å². The summed E-state index contributed by atoms with van der Waals surface area (Å²) in [5, 5.41) is 20.8. The van der Waals surface area contributed by atoms with E-state index >= 15 is 0 Å². The zero-order valence-electron chi connectivity index (χ0n) is 12.4. The summed E-state index contributed by atoms with van der Waals surface area (Å²) in [5.41, 5.74) is 5.71. The minimum atomic E-state index is -0.522. The van der Waals surface area contributed by atoms with Crippen LogP contribution < -0.4 is 10.6 Å². The Kier molecular flexibility index (Phi) is 4.12. The van der Waals surface area contributed by atoms with Gasteiger partial charge >= 0.3 is 5.69 Å². The van der Waals surface area contributed by atoms with Gasteiger partial charge in [0.2, 0.25) is 0 Å². The molecule has 3 N–H and O–H groups in total. The normalized spacial score (nSPS) is 26.3. The molecule has 0 aromatic carbocycles. The summed E-state index contributed by atoms with van der Waals surface area (Å²) < 4.78 is 0. The Morgan fingerprint density at radius 1 is 1.32 bits per heavy atom. The van der Waals surface area contributed by atoms with Crippen molar-refractivity contribution in [1.29, 1.82) is 0 Å². The van der Waals surface area contributed by atoms with Gasteiger partial charge in [0.15, 0.2) is 0 Å². The summed E-state index contributed by atoms with van der Waals surface area (Å²) in [7, 11) is 0. The Morgan fingerprint density at radius 3 is 2.59 bits per heavy atom. The largest absolute Gasteiger partial charge is 0.393 e. The van der Waals surface area contributed by atoms with E-state index in [1.165, 1.54) is 6.20 Å². The second-order valence-corrected chi connectivity index (χ2v) is 5.95. The maximum Gasteiger partial charge on any atom is 0.310 e. The average molecular weight is 307 g/mol. The van der Waals surface area contributed by atoms with Gasteiger partial charge in [-0.25, -0.2) is 4.98 Å². The Balaban J connectivity index is 1.64. The van der Waals surface area contributed by atoms with Crippen LogP contribution in [0.5, 0.6) is 0 Å². The van der Waals surface area contributed by atoms with Gasteiger partial charge in [0, 0.05) is 38.3 Å². The maximum atomic E-state index is 10.8. The van der Waals surface area contributed by atoms with E-state index in [4.69, 9.17) is 5.73 Å². The molecule has 1 aliphatic carbocycles. The highest BCUT2D eigenvalue weighted by molar-refractivity contribution is 5.62. The first kappa shape index (κ1) is 15.0. The molecule has 0 bridgehead atoms. The summed E-state index contributed by atoms with van der Waals surface area (Å²) in [6.45, 7) is 3.29. The van der Waals surface area contributed by atoms with Gasteiger partial charge in [-0.3, -0.25) is 15.0 Å². The van der Waals surface area contributed by atoms with Crippen molar-refractivity contribution in [1.82, 2.24) is 9.88 Å². The number of aliphatic hydroxyl groups is 1. The monoisotopic (exact) mass is 307 g/mol. The molecule has 0 amide bonds. The lowest BCUT2D eigenvalue weighted by atomic mass is 10.1. The molecule has 0 radical (unpaired) electrons. The number of nitrogens with zero attached hydrogens (tertiary/aromatic N) is 4. The van der Waals surface area contributed by atoms with Gasteiger partial charge in [0.1, 0.15) is 17.7 Å². The fraction of sp³-hybridized carbons (Fsp3) is 0.643. The van der Waals surface area contributed by atoms with Crippen molar-refractivity contribution in [3.63, 3.8) is 0 Å². The van der Waals surface area contributed by atoms with Crippen molar-refractivity contribution >= 4 is 17.2 Å². The van der Waals surface area contributed by atoms with Crippen LogP contribution in [-0.2, 0) is 0 Å². The molecule has 8 nitrogen and oxygen atoms in total. The number of nitro groups is 1. The zero-order chi connectivity index (χ0) is 15.7. The van der Waals surface area contributed by atoms with E-state index in [2.05, 4.69) is 14.8 Å². The highest BCUT2D eigenvalue weighted by Crippen LogP contribution is 2.28. The topological polar surface area (TPSA) is 109 Å². The number of pyridine rings is 1. The number of nitrogens with two attached hydrogens (primary N) is 1. The van der Waals surface area contributed by atoms with Crippen LogP contribution in [0.1, 0.15) is 19.3 Å². The van der Waals surface area contributed by atoms with Crippen molar-refractivity contribution < 1.29 is 10.0 Å². The third-order valence-corrected chi connectivity index (χ3v) is 4.65. The highest BCUT2D eigenvalue weighted by atomic mass is 16.6. The quantitative estimate of drug-likeness (QED) is 0.622. The third-order valence-electron chi connectivity index (χ3n) is 4.65. The van der Waals surface area contributed by atoms with Crippen LogP contribution in [0.2, 0.25) is 0 Å². The number of hydrogen-bond acceptors (Lipinski definition) is 7. The Hall–Kier alpha value is -1.93. The molecule has 1 saturated heterocycles. The smallest absolute Gasteiger partial charge is 0.310 e. The molecule has 22 heavy (non-hydrogen) atoms. The molecule has 3 rings (SSSR count). The van der Waals surface area contributed by atoms with E-state index in [0.717, 1.165) is 45.4 Å². The van der Waals surface area contributed by atoms with Gasteiger partial charge in [-0.15, -0.1) is 0 Å². The first-order chi connectivity index (χ1) is 10.6. The SMILES string of the molecule is Nc1cc(N2CCN(C3CCCC3O)CC2)ncc1[N+](=O)[O-]. The molecule has 1 aromatic rings. The molecular weight excluding hydrogens is 286 g/mol. The third kappa shape index (κ3) is 2.84. The van der Waals surface area contributed by atoms with Gasteiger partial charge in [-0.2, -0.15) is 0 Å². The molecule has 2 unspecified atom stereocenters. The molecule has 2 aliphatic rings. The van der Waals surface area contributed by atoms with Crippen LogP contribution >= 0.6 is 0 Å². The summed E-state index contributed by atoms with van der Waals surface area (Å²) in [6.07, 6.45) is 4.05. The van der Waals surface area contributed by atoms with Crippen LogP contribution in [0.3, 0.4) is 0 Å². The molecule has 0 spiro atoms. The van der Waals surface area contributed by atoms with Crippen LogP contribution in [0.25, 0.3) is 0 Å². The summed E-state index contributed by atoms with van der Waals surface area (Å²) in [5.74, 6) is 0.676. The number of aliphatic hydroxyl groups excluding tert-OH is 1. The van der Waals surface area contributed by atoms with Crippen molar-refractivity contribution in [3.05, 3.63) is 22.4 Å². The van der Waals surface area contributed by atoms with E-state index in [-0.39, 0.29) is 23.5 Å². The summed E-state index contributed by atoms with van der Waals surface area (Å²) in [6, 6.07) is 1.84. The number of anilines is 2. The summed E-state index contributed by atoms with van der Waals surface area (Å²) in [4.78, 5) is 18.8. The van der Waals surface area contributed by atoms with Crippen molar-refractivity contribution in [3.8, 4) is 0 Å². The Labute approximate surface area is 128 Å². The van der Waals surface area contributed by atoms with Crippen molar-refractivity contribution in [2.45, 2.75) is 31.4 Å². The van der Waals surface area contributed by atoms with E-state index in [9.17, 15) is 15.2 Å². The van der Waals surface area contributed by atoms with E-state index in [1.807, 2.05) is 0 Å². The molecule has 8 heteroatoms. The van der Waals surface area contributed by atoms with Crippen molar-refractivity contribution in [2.24, 2.45) is 0 Å². The average Bonchev–Trinajstić information content (AvgIpc) is 2.93. The Morgan fingerprint density at radius 2 is 2.05 bits per heavy atom. The van der Waals surface area contributed by atoms with Crippen LogP contribution in [0, 0.1) is 10.1 Å². The standard InChI is InChI=1S/C14H21N5O3/c15-10-8-14(16-9-12(10)19(21)22)18-6-4-17(5-7-18)11-2-1-3-13(11)20/h8-9,11,13,20H,1-7H2,(H2,15,16). The number of rotatable bonds is 3. The van der Waals surface area contributed by atoms with Crippen LogP contribution in [0.4, 0.5) is 17.2 Å². The minimum Gasteiger partial charge on any atom is -0.393 e. The molecule has 2 fully saturated rings. The first-order valence-corrected chi connectivity index (χ1v) is 7.63. The lowest BCUT2D eigenvalue weighted by Crippen LogP contribution is -2.52. The molecule has 2 atom stereocenters. The molecule has 2 heterocycles. The van der Waals surface area contributed by atoms with Crippen LogP contribution in [0.15, 0.2) is 12.3 Å². The molecule has 120 valence electrons. The number of piperazine rings is 1. The van der Waals surface area contributed by atoms with Gasteiger partial charge in [-0.1, -0.05) is 0 Å². The van der Waals surface area contributed by atoms with Gasteiger partial charge in [0.05, 0.1) is 11.0 Å². The Bertz CT molecular complexity index is 559. The van der Waals surface area contributed by atoms with E-state index in [0.29, 0.717) is 5.82 Å². The van der Waals surface area contributed by atoms with E-state index in [1.54, 1.807) is 6.07 Å². The predicted molar refractivity (Wildman–Crippen MR) is 82.7 cm³/mol. The predicted octanol–water partition coefficient (Wildman–Crippen LogP) is 0.607. The van der Waals surface area contributed by atoms with Crippen LogP contribution in [-0.4, -0.2) is 58.2 Å². The number of aromatic nitrogens is 1. The minimum absolute atomic E-state index is 0.142. The molecular formula is C14H21N5O3. The van der Waals surface area contributed by atoms with Gasteiger partial charge < -0.3 is 15.7 Å². The second-order valence-electron chi connectivity index (χ2n) is 5.95. The van der Waals surface area contributed by atoms with Gasteiger partial charge in [0.25, 0.3) is 0 Å². The summed E-state index contributed by atoms with van der Waals surface area (Å²) >= 11 is 0. The maximum absolute atomic E-state index is 10.8. The number of nitrogen functional groups attached to an aromatic ring is 1. The van der Waals surface area contributed by atoms with E-state index < -0.39 is 4.92 Å². The fourth-order valence-corrected chi connectivity index (χ4v) is 3.41. The van der Waals surface area contributed by atoms with Crippen molar-refractivity contribution in [2.75, 3.05) is 36.8 Å². The fourth-order valence-electron chi connectivity index (χ4n) is 3.41. The number of hydrogen-bond donors (Lipinski definition) is 2. The highest BCUT2D eigenvalue weighted by Gasteiger charge is 2.32. The second kappa shape index (κ2) is 6.05. The molecule has 1 saturated carbocycles. The zero-order valence-corrected chi connectivity index (χ0v) is 12.4. The molecule has 1 aromatic heterocycles. The lowest BCUT2D eigenvalue weighted by Gasteiger charge is -2.39.